The van der Waals surface area contributed by atoms with E-state index < -0.39 is 5.97 Å². The van der Waals surface area contributed by atoms with Gasteiger partial charge in [-0.15, -0.1) is 0 Å². The molecule has 0 N–H and O–H groups in total. The van der Waals surface area contributed by atoms with E-state index in [4.69, 9.17) is 9.47 Å². The van der Waals surface area contributed by atoms with Gasteiger partial charge in [0.1, 0.15) is 17.3 Å². The molecule has 1 aliphatic heterocycles. The van der Waals surface area contributed by atoms with Crippen LogP contribution in [0.15, 0.2) is 36.5 Å². The maximum absolute atomic E-state index is 12.2. The van der Waals surface area contributed by atoms with Crippen molar-refractivity contribution >= 4 is 5.97 Å². The Hall–Kier alpha value is -2.18. The van der Waals surface area contributed by atoms with E-state index in [-0.39, 0.29) is 0 Å². The minimum atomic E-state index is -0.394. The van der Waals surface area contributed by atoms with Crippen LogP contribution >= 0.6 is 0 Å². The van der Waals surface area contributed by atoms with Gasteiger partial charge in [-0.3, -0.25) is 4.90 Å². The first kappa shape index (κ1) is 14.7. The summed E-state index contributed by atoms with van der Waals surface area (Å²) in [6, 6.07) is 9.04. The van der Waals surface area contributed by atoms with Crippen LogP contribution in [0.3, 0.4) is 0 Å². The molecule has 0 atom stereocenters. The average molecular weight is 301 g/mol. The number of nitrogens with zero attached hydrogens (tertiary/aromatic N) is 3. The highest BCUT2D eigenvalue weighted by molar-refractivity contribution is 5.89. The molecule has 6 heteroatoms. The molecular weight excluding hydrogens is 282 g/mol. The molecule has 1 aromatic heterocycles. The largest absolute Gasteiger partial charge is 0.422 e. The number of rotatable bonds is 4. The fourth-order valence-corrected chi connectivity index (χ4v) is 2.39. The van der Waals surface area contributed by atoms with Crippen LogP contribution < -0.4 is 4.74 Å². The molecule has 1 aromatic carbocycles. The first-order valence-electron chi connectivity index (χ1n) is 7.32. The molecule has 6 nitrogen and oxygen atoms in total. The number of aromatic nitrogens is 2. The SMILES string of the molecule is Cn1c(C(=O)Oc2ccccc2)cnc1CN1CCOCC1. The minimum Gasteiger partial charge on any atom is -0.422 e. The first-order valence-corrected chi connectivity index (χ1v) is 7.32. The summed E-state index contributed by atoms with van der Waals surface area (Å²) in [7, 11) is 1.84. The second-order valence-electron chi connectivity index (χ2n) is 5.21. The third-order valence-corrected chi connectivity index (χ3v) is 3.72. The summed E-state index contributed by atoms with van der Waals surface area (Å²) in [5, 5.41) is 0. The van der Waals surface area contributed by atoms with E-state index >= 15 is 0 Å². The second kappa shape index (κ2) is 6.72. The van der Waals surface area contributed by atoms with Crippen LogP contribution in [-0.4, -0.2) is 46.7 Å². The molecule has 2 aromatic rings. The highest BCUT2D eigenvalue weighted by atomic mass is 16.5. The molecule has 2 heterocycles. The van der Waals surface area contributed by atoms with Gasteiger partial charge in [-0.1, -0.05) is 18.2 Å². The van der Waals surface area contributed by atoms with Gasteiger partial charge in [0.05, 0.1) is 26.0 Å². The Bertz CT molecular complexity index is 633. The number of morpholine rings is 1. The maximum atomic E-state index is 12.2. The van der Waals surface area contributed by atoms with Gasteiger partial charge in [0.25, 0.3) is 0 Å². The number of carbonyl (C=O) groups excluding carboxylic acids is 1. The minimum absolute atomic E-state index is 0.394. The Morgan fingerprint density at radius 2 is 2.00 bits per heavy atom. The number of benzene rings is 1. The first-order chi connectivity index (χ1) is 10.7. The summed E-state index contributed by atoms with van der Waals surface area (Å²) < 4.78 is 12.5. The highest BCUT2D eigenvalue weighted by Gasteiger charge is 2.19. The molecule has 0 saturated carbocycles. The topological polar surface area (TPSA) is 56.6 Å². The van der Waals surface area contributed by atoms with Gasteiger partial charge >= 0.3 is 5.97 Å². The van der Waals surface area contributed by atoms with Crippen LogP contribution in [0.5, 0.6) is 5.75 Å². The number of imidazole rings is 1. The summed E-state index contributed by atoms with van der Waals surface area (Å²) in [5.74, 6) is 0.986. The number of esters is 1. The Morgan fingerprint density at radius 1 is 1.27 bits per heavy atom. The normalized spacial score (nSPS) is 15.7. The molecule has 0 bridgehead atoms. The van der Waals surface area contributed by atoms with E-state index in [9.17, 15) is 4.79 Å². The maximum Gasteiger partial charge on any atom is 0.362 e. The van der Waals surface area contributed by atoms with Crippen molar-refractivity contribution in [2.45, 2.75) is 6.54 Å². The number of ether oxygens (including phenoxy) is 2. The monoisotopic (exact) mass is 301 g/mol. The van der Waals surface area contributed by atoms with Gasteiger partial charge in [0.15, 0.2) is 0 Å². The van der Waals surface area contributed by atoms with Crippen molar-refractivity contribution in [2.24, 2.45) is 7.05 Å². The Kier molecular flexibility index (Phi) is 4.50. The lowest BCUT2D eigenvalue weighted by atomic mass is 10.3. The van der Waals surface area contributed by atoms with Crippen molar-refractivity contribution in [3.05, 3.63) is 48.0 Å². The summed E-state index contributed by atoms with van der Waals surface area (Å²) in [6.07, 6.45) is 1.57. The third kappa shape index (κ3) is 3.35. The molecule has 0 unspecified atom stereocenters. The van der Waals surface area contributed by atoms with Crippen molar-refractivity contribution in [3.63, 3.8) is 0 Å². The fraction of sp³-hybridized carbons (Fsp3) is 0.375. The van der Waals surface area contributed by atoms with Gasteiger partial charge < -0.3 is 14.0 Å². The molecule has 0 radical (unpaired) electrons. The smallest absolute Gasteiger partial charge is 0.362 e. The molecule has 22 heavy (non-hydrogen) atoms. The van der Waals surface area contributed by atoms with Gasteiger partial charge in [0.2, 0.25) is 0 Å². The van der Waals surface area contributed by atoms with E-state index in [1.54, 1.807) is 22.9 Å². The zero-order valence-electron chi connectivity index (χ0n) is 12.6. The molecule has 3 rings (SSSR count). The van der Waals surface area contributed by atoms with Crippen molar-refractivity contribution in [1.82, 2.24) is 14.5 Å². The molecular formula is C16H19N3O3. The van der Waals surface area contributed by atoms with Crippen molar-refractivity contribution in [3.8, 4) is 5.75 Å². The number of para-hydroxylation sites is 1. The van der Waals surface area contributed by atoms with Gasteiger partial charge in [-0.2, -0.15) is 0 Å². The number of hydrogen-bond donors (Lipinski definition) is 0. The van der Waals surface area contributed by atoms with Gasteiger partial charge in [0, 0.05) is 20.1 Å². The number of hydrogen-bond acceptors (Lipinski definition) is 5. The van der Waals surface area contributed by atoms with E-state index in [0.29, 0.717) is 18.0 Å². The Balaban J connectivity index is 1.68. The van der Waals surface area contributed by atoms with Crippen molar-refractivity contribution < 1.29 is 14.3 Å². The molecule has 116 valence electrons. The standard InChI is InChI=1S/C16H19N3O3/c1-18-14(16(20)22-13-5-3-2-4-6-13)11-17-15(18)12-19-7-9-21-10-8-19/h2-6,11H,7-10,12H2,1H3. The van der Waals surface area contributed by atoms with Crippen molar-refractivity contribution in [2.75, 3.05) is 26.3 Å². The fourth-order valence-electron chi connectivity index (χ4n) is 2.39. The highest BCUT2D eigenvalue weighted by Crippen LogP contribution is 2.13. The zero-order valence-corrected chi connectivity index (χ0v) is 12.6. The van der Waals surface area contributed by atoms with E-state index in [1.807, 2.05) is 25.2 Å². The van der Waals surface area contributed by atoms with Gasteiger partial charge in [-0.25, -0.2) is 9.78 Å². The summed E-state index contributed by atoms with van der Waals surface area (Å²) in [4.78, 5) is 18.8. The molecule has 0 spiro atoms. The van der Waals surface area contributed by atoms with Crippen LogP contribution in [0.2, 0.25) is 0 Å². The zero-order chi connectivity index (χ0) is 15.4. The van der Waals surface area contributed by atoms with Crippen molar-refractivity contribution in [1.29, 1.82) is 0 Å². The van der Waals surface area contributed by atoms with Crippen LogP contribution in [0.1, 0.15) is 16.3 Å². The Labute approximate surface area is 129 Å². The van der Waals surface area contributed by atoms with Crippen LogP contribution in [0.4, 0.5) is 0 Å². The average Bonchev–Trinajstić information content (AvgIpc) is 2.90. The van der Waals surface area contributed by atoms with E-state index in [2.05, 4.69) is 9.88 Å². The van der Waals surface area contributed by atoms with Gasteiger partial charge in [-0.05, 0) is 12.1 Å². The third-order valence-electron chi connectivity index (χ3n) is 3.72. The quantitative estimate of drug-likeness (QED) is 0.632. The predicted octanol–water partition coefficient (Wildman–Crippen LogP) is 1.47. The molecule has 1 aliphatic rings. The molecule has 1 saturated heterocycles. The second-order valence-corrected chi connectivity index (χ2v) is 5.21. The summed E-state index contributed by atoms with van der Waals surface area (Å²) in [5.41, 5.74) is 0.451. The lowest BCUT2D eigenvalue weighted by Crippen LogP contribution is -2.36. The lowest BCUT2D eigenvalue weighted by molar-refractivity contribution is 0.0326. The van der Waals surface area contributed by atoms with Crippen LogP contribution in [0.25, 0.3) is 0 Å². The summed E-state index contributed by atoms with van der Waals surface area (Å²) >= 11 is 0. The van der Waals surface area contributed by atoms with E-state index in [1.165, 1.54) is 0 Å². The molecule has 0 amide bonds. The molecule has 1 fully saturated rings. The molecule has 0 aliphatic carbocycles. The summed E-state index contributed by atoms with van der Waals surface area (Å²) in [6.45, 7) is 3.96. The lowest BCUT2D eigenvalue weighted by Gasteiger charge is -2.26. The van der Waals surface area contributed by atoms with Crippen LogP contribution in [0, 0.1) is 0 Å². The predicted molar refractivity (Wildman–Crippen MR) is 80.7 cm³/mol. The Morgan fingerprint density at radius 3 is 2.73 bits per heavy atom. The van der Waals surface area contributed by atoms with Crippen LogP contribution in [-0.2, 0) is 18.3 Å². The van der Waals surface area contributed by atoms with E-state index in [0.717, 1.165) is 32.1 Å². The number of carbonyl (C=O) groups is 1.